The van der Waals surface area contributed by atoms with Crippen LogP contribution in [0.5, 0.6) is 0 Å². The Morgan fingerprint density at radius 3 is 1.59 bits per heavy atom. The standard InChI is InChI=1S/C48H30O/c1-2-9-36-28-37(25-20-31(36)8-1)32-16-18-33(19-17-32)38-26-27-39-30-45(41-10-3-4-11-42(41)46(39)29-38)35-23-21-34(22-24-35)40-13-7-14-44-43-12-5-6-15-47(43)49-48(40)44/h1-30H. The molecule has 10 rings (SSSR count). The third-order valence-electron chi connectivity index (χ3n) is 10.1. The van der Waals surface area contributed by atoms with Gasteiger partial charge < -0.3 is 4.42 Å². The highest BCUT2D eigenvalue weighted by molar-refractivity contribution is 6.15. The highest BCUT2D eigenvalue weighted by atomic mass is 16.3. The van der Waals surface area contributed by atoms with Crippen LogP contribution in [0.25, 0.3) is 98.8 Å². The van der Waals surface area contributed by atoms with Gasteiger partial charge in [0, 0.05) is 16.3 Å². The SMILES string of the molecule is c1ccc2cc(-c3ccc(-c4ccc5cc(-c6ccc(-c7cccc8c7oc7ccccc78)cc6)c6ccccc6c5c4)cc3)ccc2c1. The van der Waals surface area contributed by atoms with E-state index in [0.29, 0.717) is 0 Å². The average molecular weight is 623 g/mol. The van der Waals surface area contributed by atoms with E-state index in [2.05, 4.69) is 170 Å². The molecule has 0 spiro atoms. The first kappa shape index (κ1) is 27.7. The van der Waals surface area contributed by atoms with Crippen LogP contribution in [0, 0.1) is 0 Å². The van der Waals surface area contributed by atoms with Crippen LogP contribution in [-0.4, -0.2) is 0 Å². The molecule has 0 saturated carbocycles. The lowest BCUT2D eigenvalue weighted by atomic mass is 9.90. The maximum Gasteiger partial charge on any atom is 0.143 e. The van der Waals surface area contributed by atoms with Gasteiger partial charge in [-0.1, -0.05) is 158 Å². The summed E-state index contributed by atoms with van der Waals surface area (Å²) in [6.07, 6.45) is 0. The second-order valence-electron chi connectivity index (χ2n) is 12.9. The Balaban J connectivity index is 1.01. The number of hydrogen-bond acceptors (Lipinski definition) is 1. The normalized spacial score (nSPS) is 11.7. The number of hydrogen-bond donors (Lipinski definition) is 0. The minimum atomic E-state index is 0.922. The van der Waals surface area contributed by atoms with E-state index in [1.165, 1.54) is 65.7 Å². The smallest absolute Gasteiger partial charge is 0.143 e. The van der Waals surface area contributed by atoms with E-state index < -0.39 is 0 Å². The van der Waals surface area contributed by atoms with Gasteiger partial charge in [0.05, 0.1) is 0 Å². The van der Waals surface area contributed by atoms with Crippen LogP contribution in [0.15, 0.2) is 186 Å². The van der Waals surface area contributed by atoms with Gasteiger partial charge in [-0.25, -0.2) is 0 Å². The molecule has 0 aliphatic carbocycles. The number of furan rings is 1. The molecule has 0 atom stereocenters. The van der Waals surface area contributed by atoms with Crippen LogP contribution in [0.3, 0.4) is 0 Å². The molecular formula is C48H30O. The topological polar surface area (TPSA) is 13.1 Å². The van der Waals surface area contributed by atoms with Crippen LogP contribution in [-0.2, 0) is 0 Å². The first-order valence-corrected chi connectivity index (χ1v) is 16.8. The summed E-state index contributed by atoms with van der Waals surface area (Å²) in [6.45, 7) is 0. The van der Waals surface area contributed by atoms with Crippen LogP contribution < -0.4 is 0 Å². The van der Waals surface area contributed by atoms with Gasteiger partial charge in [0.2, 0.25) is 0 Å². The molecule has 0 radical (unpaired) electrons. The predicted molar refractivity (Wildman–Crippen MR) is 208 cm³/mol. The van der Waals surface area contributed by atoms with Gasteiger partial charge in [0.1, 0.15) is 11.2 Å². The lowest BCUT2D eigenvalue weighted by Crippen LogP contribution is -1.87. The van der Waals surface area contributed by atoms with Crippen LogP contribution in [0.4, 0.5) is 0 Å². The summed E-state index contributed by atoms with van der Waals surface area (Å²) in [5, 5.41) is 9.86. The van der Waals surface area contributed by atoms with E-state index >= 15 is 0 Å². The molecule has 1 heteroatoms. The molecule has 1 nitrogen and oxygen atoms in total. The zero-order chi connectivity index (χ0) is 32.3. The molecule has 49 heavy (non-hydrogen) atoms. The quantitative estimate of drug-likeness (QED) is 0.178. The second kappa shape index (κ2) is 11.1. The number of fused-ring (bicyclic) bond motifs is 7. The van der Waals surface area contributed by atoms with E-state index in [1.54, 1.807) is 0 Å². The molecule has 1 aromatic heterocycles. The van der Waals surface area contributed by atoms with Crippen molar-refractivity contribution in [2.75, 3.05) is 0 Å². The predicted octanol–water partition coefficient (Wildman–Crippen LogP) is 13.7. The summed E-state index contributed by atoms with van der Waals surface area (Å²) >= 11 is 0. The molecule has 0 saturated heterocycles. The Morgan fingerprint density at radius 1 is 0.265 bits per heavy atom. The Kier molecular flexibility index (Phi) is 6.25. The van der Waals surface area contributed by atoms with Gasteiger partial charge >= 0.3 is 0 Å². The maximum absolute atomic E-state index is 6.34. The lowest BCUT2D eigenvalue weighted by Gasteiger charge is -2.13. The zero-order valence-electron chi connectivity index (χ0n) is 26.7. The van der Waals surface area contributed by atoms with Crippen molar-refractivity contribution in [3.05, 3.63) is 182 Å². The average Bonchev–Trinajstić information content (AvgIpc) is 3.56. The Bertz CT molecular complexity index is 2850. The largest absolute Gasteiger partial charge is 0.455 e. The minimum Gasteiger partial charge on any atom is -0.455 e. The van der Waals surface area contributed by atoms with Gasteiger partial charge in [0.15, 0.2) is 0 Å². The van der Waals surface area contributed by atoms with E-state index in [4.69, 9.17) is 4.42 Å². The van der Waals surface area contributed by atoms with Gasteiger partial charge in [-0.05, 0) is 95.5 Å². The van der Waals surface area contributed by atoms with E-state index in [-0.39, 0.29) is 0 Å². The molecule has 1 heterocycles. The summed E-state index contributed by atoms with van der Waals surface area (Å²) in [7, 11) is 0. The molecule has 0 unspecified atom stereocenters. The van der Waals surface area contributed by atoms with Crippen molar-refractivity contribution in [1.29, 1.82) is 0 Å². The van der Waals surface area contributed by atoms with Crippen LogP contribution >= 0.6 is 0 Å². The molecule has 0 aliphatic heterocycles. The Labute approximate surface area is 284 Å². The first-order valence-electron chi connectivity index (χ1n) is 16.8. The van der Waals surface area contributed by atoms with Crippen molar-refractivity contribution in [1.82, 2.24) is 0 Å². The monoisotopic (exact) mass is 622 g/mol. The summed E-state index contributed by atoms with van der Waals surface area (Å²) < 4.78 is 6.34. The van der Waals surface area contributed by atoms with Crippen LogP contribution in [0.2, 0.25) is 0 Å². The van der Waals surface area contributed by atoms with Crippen molar-refractivity contribution in [3.63, 3.8) is 0 Å². The molecule has 10 aromatic rings. The molecular weight excluding hydrogens is 593 g/mol. The third kappa shape index (κ3) is 4.63. The molecule has 228 valence electrons. The van der Waals surface area contributed by atoms with Crippen molar-refractivity contribution < 1.29 is 4.42 Å². The summed E-state index contributed by atoms with van der Waals surface area (Å²) in [5.74, 6) is 0. The fraction of sp³-hybridized carbons (Fsp3) is 0. The highest BCUT2D eigenvalue weighted by Crippen LogP contribution is 2.40. The minimum absolute atomic E-state index is 0.922. The van der Waals surface area contributed by atoms with Crippen molar-refractivity contribution in [2.45, 2.75) is 0 Å². The zero-order valence-corrected chi connectivity index (χ0v) is 26.7. The number of para-hydroxylation sites is 2. The number of benzene rings is 9. The third-order valence-corrected chi connectivity index (χ3v) is 10.1. The van der Waals surface area contributed by atoms with Gasteiger partial charge in [-0.3, -0.25) is 0 Å². The van der Waals surface area contributed by atoms with Crippen molar-refractivity contribution in [2.24, 2.45) is 0 Å². The van der Waals surface area contributed by atoms with Gasteiger partial charge in [-0.15, -0.1) is 0 Å². The van der Waals surface area contributed by atoms with Gasteiger partial charge in [0.25, 0.3) is 0 Å². The van der Waals surface area contributed by atoms with Crippen LogP contribution in [0.1, 0.15) is 0 Å². The maximum atomic E-state index is 6.34. The molecule has 0 bridgehead atoms. The van der Waals surface area contributed by atoms with Gasteiger partial charge in [-0.2, -0.15) is 0 Å². The van der Waals surface area contributed by atoms with Crippen molar-refractivity contribution >= 4 is 54.3 Å². The molecule has 9 aromatic carbocycles. The molecule has 0 amide bonds. The fourth-order valence-corrected chi connectivity index (χ4v) is 7.55. The van der Waals surface area contributed by atoms with E-state index in [0.717, 1.165) is 33.1 Å². The Hall–Kier alpha value is -6.44. The number of rotatable bonds is 4. The highest BCUT2D eigenvalue weighted by Gasteiger charge is 2.14. The summed E-state index contributed by atoms with van der Waals surface area (Å²) in [6, 6.07) is 65.8. The summed E-state index contributed by atoms with van der Waals surface area (Å²) in [4.78, 5) is 0. The van der Waals surface area contributed by atoms with E-state index in [9.17, 15) is 0 Å². The fourth-order valence-electron chi connectivity index (χ4n) is 7.55. The van der Waals surface area contributed by atoms with Crippen molar-refractivity contribution in [3.8, 4) is 44.5 Å². The second-order valence-corrected chi connectivity index (χ2v) is 12.9. The lowest BCUT2D eigenvalue weighted by molar-refractivity contribution is 0.670. The molecule has 0 aliphatic rings. The molecule has 0 fully saturated rings. The molecule has 0 N–H and O–H groups in total. The van der Waals surface area contributed by atoms with E-state index in [1.807, 2.05) is 12.1 Å². The summed E-state index contributed by atoms with van der Waals surface area (Å²) in [5.41, 5.74) is 11.5. The first-order chi connectivity index (χ1) is 24.3. The Morgan fingerprint density at radius 2 is 0.816 bits per heavy atom.